The zero-order chi connectivity index (χ0) is 9.54. The Hall–Kier alpha value is -1.37. The molecule has 0 amide bonds. The van der Waals surface area contributed by atoms with Crippen molar-refractivity contribution in [2.45, 2.75) is 19.3 Å². The Balaban J connectivity index is 2.44. The van der Waals surface area contributed by atoms with Crippen LogP contribution in [0, 0.1) is 0 Å². The van der Waals surface area contributed by atoms with Crippen molar-refractivity contribution in [1.29, 1.82) is 0 Å². The lowest BCUT2D eigenvalue weighted by Crippen LogP contribution is -2.34. The quantitative estimate of drug-likeness (QED) is 0.552. The lowest BCUT2D eigenvalue weighted by Gasteiger charge is -2.02. The van der Waals surface area contributed by atoms with Crippen LogP contribution in [0.25, 0.3) is 10.9 Å². The number of rotatable bonds is 0. The molecule has 1 nitrogen and oxygen atoms in total. The van der Waals surface area contributed by atoms with Crippen molar-refractivity contribution in [3.05, 3.63) is 41.6 Å². The van der Waals surface area contributed by atoms with E-state index in [1.54, 1.807) is 5.56 Å². The molecule has 0 saturated carbocycles. The number of para-hydroxylation sites is 1. The second-order valence-electron chi connectivity index (χ2n) is 4.09. The van der Waals surface area contributed by atoms with Crippen LogP contribution >= 0.6 is 0 Å². The van der Waals surface area contributed by atoms with Crippen LogP contribution < -0.4 is 4.57 Å². The van der Waals surface area contributed by atoms with Crippen LogP contribution in [0.4, 0.5) is 0 Å². The average molecular weight is 184 g/mol. The summed E-state index contributed by atoms with van der Waals surface area (Å²) in [6.45, 7) is 0. The molecule has 0 saturated heterocycles. The normalized spacial score (nSPS) is 14.6. The highest BCUT2D eigenvalue weighted by atomic mass is 14.9. The van der Waals surface area contributed by atoms with Crippen molar-refractivity contribution in [1.82, 2.24) is 0 Å². The first-order valence-corrected chi connectivity index (χ1v) is 5.26. The van der Waals surface area contributed by atoms with E-state index in [9.17, 15) is 0 Å². The van der Waals surface area contributed by atoms with Gasteiger partial charge in [-0.1, -0.05) is 12.1 Å². The van der Waals surface area contributed by atoms with E-state index in [0.717, 1.165) is 0 Å². The van der Waals surface area contributed by atoms with Crippen LogP contribution in [-0.2, 0) is 19.9 Å². The van der Waals surface area contributed by atoms with E-state index in [1.807, 2.05) is 0 Å². The predicted octanol–water partition coefficient (Wildman–Crippen LogP) is 2.15. The van der Waals surface area contributed by atoms with Gasteiger partial charge in [-0.3, -0.25) is 0 Å². The third-order valence-corrected chi connectivity index (χ3v) is 3.26. The third kappa shape index (κ3) is 0.985. The Morgan fingerprint density at radius 2 is 2.00 bits per heavy atom. The van der Waals surface area contributed by atoms with Gasteiger partial charge in [0.1, 0.15) is 7.05 Å². The number of aromatic nitrogens is 1. The van der Waals surface area contributed by atoms with Crippen molar-refractivity contribution >= 4 is 10.9 Å². The summed E-state index contributed by atoms with van der Waals surface area (Å²) in [6, 6.07) is 11.0. The molecular formula is C13H14N+. The van der Waals surface area contributed by atoms with Crippen LogP contribution in [0.15, 0.2) is 30.3 Å². The van der Waals surface area contributed by atoms with Crippen molar-refractivity contribution in [3.8, 4) is 0 Å². The van der Waals surface area contributed by atoms with Gasteiger partial charge in [0.25, 0.3) is 0 Å². The highest BCUT2D eigenvalue weighted by Gasteiger charge is 2.21. The van der Waals surface area contributed by atoms with E-state index in [2.05, 4.69) is 41.9 Å². The molecule has 0 aliphatic heterocycles. The maximum atomic E-state index is 2.36. The fourth-order valence-corrected chi connectivity index (χ4v) is 2.54. The summed E-state index contributed by atoms with van der Waals surface area (Å²) >= 11 is 0. The first-order valence-electron chi connectivity index (χ1n) is 5.26. The van der Waals surface area contributed by atoms with Crippen LogP contribution in [0.2, 0.25) is 0 Å². The molecule has 3 rings (SSSR count). The van der Waals surface area contributed by atoms with Crippen LogP contribution in [0.3, 0.4) is 0 Å². The molecule has 0 bridgehead atoms. The van der Waals surface area contributed by atoms with E-state index in [1.165, 1.54) is 35.9 Å². The standard InChI is InChI=1S/C13H14N/c1-14-12-7-3-2-5-10(12)9-11-6-4-8-13(11)14/h2-3,5,7,9H,4,6,8H2,1H3/q+1. The minimum absolute atomic E-state index is 1.25. The van der Waals surface area contributed by atoms with Gasteiger partial charge in [0.15, 0.2) is 5.69 Å². The lowest BCUT2D eigenvalue weighted by molar-refractivity contribution is -0.652. The van der Waals surface area contributed by atoms with Gasteiger partial charge in [-0.05, 0) is 25.0 Å². The molecule has 2 aromatic rings. The van der Waals surface area contributed by atoms with Gasteiger partial charge in [0.05, 0.1) is 0 Å². The van der Waals surface area contributed by atoms with Crippen LogP contribution in [-0.4, -0.2) is 0 Å². The Labute approximate surface area is 84.0 Å². The number of nitrogens with zero attached hydrogens (tertiary/aromatic N) is 1. The lowest BCUT2D eigenvalue weighted by atomic mass is 10.1. The summed E-state index contributed by atoms with van der Waals surface area (Å²) in [5.74, 6) is 0. The van der Waals surface area contributed by atoms with Gasteiger partial charge in [-0.15, -0.1) is 0 Å². The summed E-state index contributed by atoms with van der Waals surface area (Å²) in [5.41, 5.74) is 4.43. The predicted molar refractivity (Wildman–Crippen MR) is 57.1 cm³/mol. The summed E-state index contributed by atoms with van der Waals surface area (Å²) < 4.78 is 2.36. The minimum atomic E-state index is 1.25. The Morgan fingerprint density at radius 3 is 2.93 bits per heavy atom. The molecule has 0 atom stereocenters. The highest BCUT2D eigenvalue weighted by Crippen LogP contribution is 2.22. The molecule has 0 unspecified atom stereocenters. The molecule has 14 heavy (non-hydrogen) atoms. The first-order chi connectivity index (χ1) is 6.86. The topological polar surface area (TPSA) is 3.88 Å². The molecule has 1 heteroatoms. The summed E-state index contributed by atoms with van der Waals surface area (Å²) in [6.07, 6.45) is 3.82. The molecule has 0 N–H and O–H groups in total. The zero-order valence-electron chi connectivity index (χ0n) is 8.46. The molecule has 0 radical (unpaired) electrons. The average Bonchev–Trinajstić information content (AvgIpc) is 2.66. The Morgan fingerprint density at radius 1 is 1.14 bits per heavy atom. The molecule has 1 aliphatic carbocycles. The van der Waals surface area contributed by atoms with Gasteiger partial charge in [-0.25, -0.2) is 0 Å². The molecular weight excluding hydrogens is 170 g/mol. The minimum Gasteiger partial charge on any atom is -0.198 e. The highest BCUT2D eigenvalue weighted by molar-refractivity contribution is 5.76. The number of hydrogen-bond donors (Lipinski definition) is 0. The van der Waals surface area contributed by atoms with Crippen molar-refractivity contribution in [3.63, 3.8) is 0 Å². The number of pyridine rings is 1. The summed E-state index contributed by atoms with van der Waals surface area (Å²) in [7, 11) is 2.19. The van der Waals surface area contributed by atoms with E-state index < -0.39 is 0 Å². The van der Waals surface area contributed by atoms with Crippen molar-refractivity contribution < 1.29 is 4.57 Å². The Kier molecular flexibility index (Phi) is 1.60. The number of aryl methyl sites for hydroxylation is 2. The molecule has 70 valence electrons. The van der Waals surface area contributed by atoms with E-state index in [4.69, 9.17) is 0 Å². The van der Waals surface area contributed by atoms with Crippen LogP contribution in [0.1, 0.15) is 17.7 Å². The molecule has 1 heterocycles. The van der Waals surface area contributed by atoms with Crippen molar-refractivity contribution in [2.75, 3.05) is 0 Å². The smallest absolute Gasteiger partial charge is 0.198 e. The zero-order valence-corrected chi connectivity index (χ0v) is 8.46. The van der Waals surface area contributed by atoms with E-state index in [-0.39, 0.29) is 0 Å². The van der Waals surface area contributed by atoms with E-state index >= 15 is 0 Å². The van der Waals surface area contributed by atoms with Crippen molar-refractivity contribution in [2.24, 2.45) is 7.05 Å². The monoisotopic (exact) mass is 184 g/mol. The molecule has 1 aliphatic rings. The summed E-state index contributed by atoms with van der Waals surface area (Å²) in [4.78, 5) is 0. The van der Waals surface area contributed by atoms with Gasteiger partial charge in [0.2, 0.25) is 5.52 Å². The third-order valence-electron chi connectivity index (χ3n) is 3.26. The second-order valence-corrected chi connectivity index (χ2v) is 4.09. The van der Waals surface area contributed by atoms with Gasteiger partial charge in [-0.2, -0.15) is 4.57 Å². The first kappa shape index (κ1) is 7.98. The molecule has 1 aromatic carbocycles. The number of hydrogen-bond acceptors (Lipinski definition) is 0. The fraction of sp³-hybridized carbons (Fsp3) is 0.308. The molecule has 0 spiro atoms. The van der Waals surface area contributed by atoms with Crippen LogP contribution in [0.5, 0.6) is 0 Å². The number of benzene rings is 1. The number of fused-ring (bicyclic) bond motifs is 2. The summed E-state index contributed by atoms with van der Waals surface area (Å²) in [5, 5.41) is 1.37. The SMILES string of the molecule is C[n+]1c2c(cc3ccccc31)CCC2. The van der Waals surface area contributed by atoms with Gasteiger partial charge < -0.3 is 0 Å². The second kappa shape index (κ2) is 2.81. The molecule has 0 fully saturated rings. The van der Waals surface area contributed by atoms with Gasteiger partial charge >= 0.3 is 0 Å². The maximum absolute atomic E-state index is 2.36. The Bertz CT molecular complexity index is 500. The van der Waals surface area contributed by atoms with E-state index in [0.29, 0.717) is 0 Å². The molecule has 1 aromatic heterocycles. The fourth-order valence-electron chi connectivity index (χ4n) is 2.54. The largest absolute Gasteiger partial charge is 0.212 e. The van der Waals surface area contributed by atoms with Gasteiger partial charge in [0, 0.05) is 23.4 Å². The maximum Gasteiger partial charge on any atom is 0.212 e.